The summed E-state index contributed by atoms with van der Waals surface area (Å²) in [7, 11) is 0. The minimum atomic E-state index is -1.79. The van der Waals surface area contributed by atoms with Crippen LogP contribution >= 0.6 is 23.2 Å². The van der Waals surface area contributed by atoms with E-state index in [1.54, 1.807) is 51.1 Å². The van der Waals surface area contributed by atoms with E-state index in [2.05, 4.69) is 5.16 Å². The van der Waals surface area contributed by atoms with E-state index in [0.29, 0.717) is 25.1 Å². The van der Waals surface area contributed by atoms with Crippen LogP contribution in [-0.2, 0) is 15.1 Å². The Morgan fingerprint density at radius 1 is 1.10 bits per heavy atom. The van der Waals surface area contributed by atoms with Crippen molar-refractivity contribution in [2.45, 2.75) is 69.9 Å². The van der Waals surface area contributed by atoms with Crippen molar-refractivity contribution in [2.75, 3.05) is 11.4 Å². The maximum atomic E-state index is 15.2. The summed E-state index contributed by atoms with van der Waals surface area (Å²) in [6.45, 7) is 5.70. The minimum Gasteiger partial charge on any atom is -0.458 e. The minimum absolute atomic E-state index is 0.0430. The molecule has 0 N–H and O–H groups in total. The lowest BCUT2D eigenvalue weighted by atomic mass is 10.0. The van der Waals surface area contributed by atoms with Gasteiger partial charge >= 0.3 is 11.9 Å². The predicted molar refractivity (Wildman–Crippen MR) is 149 cm³/mol. The Labute approximate surface area is 245 Å². The van der Waals surface area contributed by atoms with Gasteiger partial charge in [-0.15, -0.1) is 0 Å². The van der Waals surface area contributed by atoms with Crippen molar-refractivity contribution in [3.63, 3.8) is 0 Å². The molecule has 3 aliphatic rings. The molecule has 3 aromatic rings. The van der Waals surface area contributed by atoms with Crippen LogP contribution in [0.15, 0.2) is 40.9 Å². The van der Waals surface area contributed by atoms with Crippen LogP contribution in [-0.4, -0.2) is 41.4 Å². The predicted octanol–water partition coefficient (Wildman–Crippen LogP) is 7.53. The zero-order chi connectivity index (χ0) is 29.3. The number of halogens is 4. The van der Waals surface area contributed by atoms with Gasteiger partial charge in [0, 0.05) is 30.5 Å². The molecule has 3 fully saturated rings. The molecule has 3 atom stereocenters. The summed E-state index contributed by atoms with van der Waals surface area (Å²) in [4.78, 5) is 27.9. The van der Waals surface area contributed by atoms with Crippen LogP contribution in [0.5, 0.6) is 0 Å². The number of fused-ring (bicyclic) bond motifs is 2. The highest BCUT2D eigenvalue weighted by Crippen LogP contribution is 2.53. The summed E-state index contributed by atoms with van der Waals surface area (Å²) in [6.07, 6.45) is 1.12. The second-order valence-corrected chi connectivity index (χ2v) is 12.8. The van der Waals surface area contributed by atoms with Crippen molar-refractivity contribution in [3.05, 3.63) is 69.1 Å². The van der Waals surface area contributed by atoms with Crippen LogP contribution in [0.4, 0.5) is 14.5 Å². The summed E-state index contributed by atoms with van der Waals surface area (Å²) in [6, 6.07) is 9.09. The van der Waals surface area contributed by atoms with Crippen LogP contribution < -0.4 is 4.90 Å². The van der Waals surface area contributed by atoms with Crippen LogP contribution in [0, 0.1) is 11.7 Å². The van der Waals surface area contributed by atoms with E-state index >= 15 is 8.78 Å². The monoisotopic (exact) mass is 604 g/mol. The number of esters is 2. The Bertz CT molecular complexity index is 1530. The lowest BCUT2D eigenvalue weighted by Crippen LogP contribution is -2.40. The smallest absolute Gasteiger partial charge is 0.344 e. The Morgan fingerprint density at radius 2 is 1.80 bits per heavy atom. The molecule has 2 aromatic carbocycles. The molecule has 7 nitrogen and oxygen atoms in total. The maximum Gasteiger partial charge on any atom is 0.344 e. The molecule has 0 spiro atoms. The number of alkyl halides is 1. The molecule has 11 heteroatoms. The average molecular weight is 605 g/mol. The third-order valence-electron chi connectivity index (χ3n) is 7.82. The van der Waals surface area contributed by atoms with Crippen molar-refractivity contribution >= 4 is 40.8 Å². The lowest BCUT2D eigenvalue weighted by Gasteiger charge is -2.33. The third kappa shape index (κ3) is 5.18. The van der Waals surface area contributed by atoms with Gasteiger partial charge in [0.1, 0.15) is 28.8 Å². The highest BCUT2D eigenvalue weighted by atomic mass is 35.5. The standard InChI is InChI=1S/C30H28Cl2F2N2O5/c1-29(2,3)40-27(37)15-7-8-21(20(33)12-15)36-14-16-11-17(36)13-22(16)39-28(38)24-25(23-18(31)5-4-6-19(23)32)35-41-26(24)30(34)9-10-30/h4-8,12,16-17,22H,9-11,13-14H2,1-3H3. The molecule has 6 rings (SSSR count). The molecule has 2 heterocycles. The summed E-state index contributed by atoms with van der Waals surface area (Å²) in [5.74, 6) is -2.12. The molecular formula is C30H28Cl2F2N2O5. The summed E-state index contributed by atoms with van der Waals surface area (Å²) < 4.78 is 47.0. The molecule has 41 heavy (non-hydrogen) atoms. The molecule has 2 aliphatic carbocycles. The number of benzene rings is 2. The van der Waals surface area contributed by atoms with E-state index < -0.39 is 35.1 Å². The first kappa shape index (κ1) is 28.0. The first-order valence-electron chi connectivity index (χ1n) is 13.5. The van der Waals surface area contributed by atoms with Crippen molar-refractivity contribution in [1.29, 1.82) is 0 Å². The van der Waals surface area contributed by atoms with Crippen molar-refractivity contribution in [3.8, 4) is 11.3 Å². The second-order valence-electron chi connectivity index (χ2n) is 11.9. The number of ether oxygens (including phenoxy) is 2. The van der Waals surface area contributed by atoms with E-state index in [1.165, 1.54) is 6.07 Å². The number of carbonyl (C=O) groups excluding carboxylic acids is 2. The van der Waals surface area contributed by atoms with E-state index in [9.17, 15) is 9.59 Å². The number of hydrogen-bond acceptors (Lipinski definition) is 7. The van der Waals surface area contributed by atoms with Crippen molar-refractivity contribution in [1.82, 2.24) is 5.16 Å². The molecule has 1 aromatic heterocycles. The van der Waals surface area contributed by atoms with Gasteiger partial charge in [-0.05, 0) is 70.4 Å². The summed E-state index contributed by atoms with van der Waals surface area (Å²) in [5.41, 5.74) is -1.76. The second kappa shape index (κ2) is 9.98. The van der Waals surface area contributed by atoms with E-state index in [4.69, 9.17) is 37.2 Å². The van der Waals surface area contributed by atoms with Gasteiger partial charge in [-0.25, -0.2) is 18.4 Å². The summed E-state index contributed by atoms with van der Waals surface area (Å²) in [5, 5.41) is 4.47. The third-order valence-corrected chi connectivity index (χ3v) is 8.45. The molecule has 1 saturated heterocycles. The van der Waals surface area contributed by atoms with Crippen LogP contribution in [0.2, 0.25) is 10.0 Å². The van der Waals surface area contributed by atoms with Crippen LogP contribution in [0.25, 0.3) is 11.3 Å². The average Bonchev–Trinajstić information content (AvgIpc) is 3.22. The highest BCUT2D eigenvalue weighted by Gasteiger charge is 2.53. The zero-order valence-corrected chi connectivity index (χ0v) is 24.2. The van der Waals surface area contributed by atoms with Gasteiger partial charge in [-0.3, -0.25) is 0 Å². The van der Waals surface area contributed by atoms with Crippen molar-refractivity contribution < 1.29 is 32.4 Å². The van der Waals surface area contributed by atoms with E-state index in [0.717, 1.165) is 0 Å². The molecular weight excluding hydrogens is 577 g/mol. The van der Waals surface area contributed by atoms with E-state index in [1.807, 2.05) is 4.90 Å². The zero-order valence-electron chi connectivity index (χ0n) is 22.7. The van der Waals surface area contributed by atoms with Gasteiger partial charge in [0.25, 0.3) is 0 Å². The Hall–Kier alpha value is -3.17. The SMILES string of the molecule is CC(C)(C)OC(=O)c1ccc(N2CC3CC2CC3OC(=O)c2c(-c3c(Cl)cccc3Cl)noc2C2(F)CC2)c(F)c1. The fourth-order valence-corrected chi connectivity index (χ4v) is 6.34. The molecule has 1 aliphatic heterocycles. The van der Waals surface area contributed by atoms with Crippen molar-refractivity contribution in [2.24, 2.45) is 5.92 Å². The normalized spacial score (nSPS) is 22.6. The molecule has 3 unspecified atom stereocenters. The van der Waals surface area contributed by atoms with Crippen LogP contribution in [0.1, 0.15) is 72.9 Å². The number of nitrogens with zero attached hydrogens (tertiary/aromatic N) is 2. The number of aromatic nitrogens is 1. The highest BCUT2D eigenvalue weighted by molar-refractivity contribution is 6.39. The number of anilines is 1. The summed E-state index contributed by atoms with van der Waals surface area (Å²) >= 11 is 12.7. The topological polar surface area (TPSA) is 81.9 Å². The molecule has 2 saturated carbocycles. The molecule has 0 amide bonds. The van der Waals surface area contributed by atoms with Gasteiger partial charge in [0.15, 0.2) is 11.4 Å². The van der Waals surface area contributed by atoms with Gasteiger partial charge in [0.2, 0.25) is 0 Å². The fraction of sp³-hybridized carbons (Fsp3) is 0.433. The largest absolute Gasteiger partial charge is 0.458 e. The number of hydrogen-bond donors (Lipinski definition) is 0. The van der Waals surface area contributed by atoms with Gasteiger partial charge < -0.3 is 18.9 Å². The Balaban J connectivity index is 1.19. The molecule has 0 radical (unpaired) electrons. The quantitative estimate of drug-likeness (QED) is 0.269. The number of carbonyl (C=O) groups is 2. The Morgan fingerprint density at radius 3 is 2.39 bits per heavy atom. The Kier molecular flexibility index (Phi) is 6.81. The maximum absolute atomic E-state index is 15.2. The first-order chi connectivity index (χ1) is 19.3. The lowest BCUT2D eigenvalue weighted by molar-refractivity contribution is 0.00683. The molecule has 216 valence electrons. The fourth-order valence-electron chi connectivity index (χ4n) is 5.76. The van der Waals surface area contributed by atoms with Gasteiger partial charge in [-0.1, -0.05) is 34.4 Å². The van der Waals surface area contributed by atoms with Crippen LogP contribution in [0.3, 0.4) is 0 Å². The number of piperidine rings is 1. The molecule has 2 bridgehead atoms. The van der Waals surface area contributed by atoms with E-state index in [-0.39, 0.29) is 63.0 Å². The van der Waals surface area contributed by atoms with Gasteiger partial charge in [-0.2, -0.15) is 0 Å². The first-order valence-corrected chi connectivity index (χ1v) is 14.2. The number of rotatable bonds is 6. The van der Waals surface area contributed by atoms with Gasteiger partial charge in [0.05, 0.1) is 21.3 Å².